The second kappa shape index (κ2) is 13.0. The Bertz CT molecular complexity index is 1100. The van der Waals surface area contributed by atoms with E-state index in [1.54, 1.807) is 18.3 Å². The van der Waals surface area contributed by atoms with Crippen molar-refractivity contribution in [3.63, 3.8) is 0 Å². The summed E-state index contributed by atoms with van der Waals surface area (Å²) in [6.45, 7) is 4.10. The SMILES string of the molecule is CC(C)C[C@H](NC(=O)[C@H](Cc1ccc(O)cc1)NC(=O)[C@@H](N)Cc1c[nH]cn1)C(=O)N1CCC[C@H]1C(=O)O. The molecule has 3 rings (SSSR count). The molecule has 1 fully saturated rings. The van der Waals surface area contributed by atoms with Gasteiger partial charge >= 0.3 is 5.97 Å². The molecule has 0 saturated carbocycles. The van der Waals surface area contributed by atoms with Crippen molar-refractivity contribution in [2.24, 2.45) is 11.7 Å². The van der Waals surface area contributed by atoms with Gasteiger partial charge in [-0.1, -0.05) is 26.0 Å². The summed E-state index contributed by atoms with van der Waals surface area (Å²) in [5.74, 6) is -2.60. The van der Waals surface area contributed by atoms with Gasteiger partial charge in [0.05, 0.1) is 18.1 Å². The van der Waals surface area contributed by atoms with Crippen molar-refractivity contribution < 1.29 is 29.4 Å². The number of rotatable bonds is 12. The molecule has 7 N–H and O–H groups in total. The van der Waals surface area contributed by atoms with Gasteiger partial charge < -0.3 is 36.5 Å². The summed E-state index contributed by atoms with van der Waals surface area (Å²) in [7, 11) is 0. The molecule has 1 saturated heterocycles. The molecule has 2 aromatic rings. The summed E-state index contributed by atoms with van der Waals surface area (Å²) in [5, 5.41) is 24.6. The van der Waals surface area contributed by atoms with Crippen LogP contribution in [0.15, 0.2) is 36.8 Å². The van der Waals surface area contributed by atoms with Crippen molar-refractivity contribution in [2.45, 2.75) is 70.1 Å². The monoisotopic (exact) mass is 528 g/mol. The fraction of sp³-hybridized carbons (Fsp3) is 0.500. The molecule has 4 atom stereocenters. The first kappa shape index (κ1) is 28.6. The number of amides is 3. The second-order valence-electron chi connectivity index (χ2n) is 10.0. The molecule has 3 amide bonds. The Hall–Kier alpha value is -3.93. The van der Waals surface area contributed by atoms with E-state index < -0.39 is 47.9 Å². The van der Waals surface area contributed by atoms with Gasteiger partial charge in [-0.25, -0.2) is 9.78 Å². The maximum Gasteiger partial charge on any atom is 0.326 e. The Labute approximate surface area is 221 Å². The molecule has 1 aliphatic rings. The summed E-state index contributed by atoms with van der Waals surface area (Å²) in [5.41, 5.74) is 7.32. The number of aromatic amines is 1. The standard InChI is InChI=1S/C26H36N6O6/c1-15(2)10-21(25(36)32-9-3-4-22(32)26(37)38)31-24(35)20(11-16-5-7-18(33)8-6-16)30-23(34)19(27)12-17-13-28-14-29-17/h5-8,13-15,19-22,33H,3-4,9-12,27H2,1-2H3,(H,28,29)(H,30,34)(H,31,35)(H,37,38)/t19-,20-,21-,22-/m0/s1. The van der Waals surface area contributed by atoms with E-state index in [-0.39, 0.29) is 24.5 Å². The van der Waals surface area contributed by atoms with Gasteiger partial charge in [-0.2, -0.15) is 0 Å². The number of aromatic hydroxyl groups is 1. The van der Waals surface area contributed by atoms with Crippen LogP contribution in [0.25, 0.3) is 0 Å². The highest BCUT2D eigenvalue weighted by atomic mass is 16.4. The summed E-state index contributed by atoms with van der Waals surface area (Å²) in [6, 6.07) is 2.27. The van der Waals surface area contributed by atoms with E-state index in [0.29, 0.717) is 37.1 Å². The zero-order chi connectivity index (χ0) is 27.8. The first-order chi connectivity index (χ1) is 18.0. The molecule has 206 valence electrons. The van der Waals surface area contributed by atoms with E-state index in [0.717, 1.165) is 0 Å². The number of carbonyl (C=O) groups is 4. The third kappa shape index (κ3) is 7.78. The van der Waals surface area contributed by atoms with Crippen LogP contribution in [0.3, 0.4) is 0 Å². The number of nitrogens with zero attached hydrogens (tertiary/aromatic N) is 2. The van der Waals surface area contributed by atoms with E-state index in [2.05, 4.69) is 20.6 Å². The third-order valence-electron chi connectivity index (χ3n) is 6.47. The van der Waals surface area contributed by atoms with Gasteiger partial charge in [0.2, 0.25) is 17.7 Å². The normalized spacial score (nSPS) is 17.6. The highest BCUT2D eigenvalue weighted by Gasteiger charge is 2.38. The Kier molecular flexibility index (Phi) is 9.83. The lowest BCUT2D eigenvalue weighted by Gasteiger charge is -2.30. The van der Waals surface area contributed by atoms with Crippen LogP contribution in [-0.4, -0.2) is 79.5 Å². The van der Waals surface area contributed by atoms with Crippen molar-refractivity contribution in [2.75, 3.05) is 6.54 Å². The van der Waals surface area contributed by atoms with Crippen LogP contribution in [0.4, 0.5) is 0 Å². The van der Waals surface area contributed by atoms with Crippen molar-refractivity contribution in [3.8, 4) is 5.75 Å². The largest absolute Gasteiger partial charge is 0.508 e. The molecule has 0 aliphatic carbocycles. The first-order valence-electron chi connectivity index (χ1n) is 12.7. The molecule has 38 heavy (non-hydrogen) atoms. The Morgan fingerprint density at radius 1 is 1.11 bits per heavy atom. The number of nitrogens with two attached hydrogens (primary N) is 1. The van der Waals surface area contributed by atoms with Crippen LogP contribution in [0.5, 0.6) is 5.75 Å². The molecule has 1 aromatic carbocycles. The molecule has 0 radical (unpaired) electrons. The lowest BCUT2D eigenvalue weighted by molar-refractivity contribution is -0.149. The van der Waals surface area contributed by atoms with Gasteiger partial charge in [0, 0.05) is 25.6 Å². The molecule has 0 spiro atoms. The number of hydrogen-bond donors (Lipinski definition) is 6. The first-order valence-corrected chi connectivity index (χ1v) is 12.7. The molecular weight excluding hydrogens is 492 g/mol. The van der Waals surface area contributed by atoms with E-state index >= 15 is 0 Å². The number of nitrogens with one attached hydrogen (secondary N) is 3. The molecule has 1 aromatic heterocycles. The zero-order valence-corrected chi connectivity index (χ0v) is 21.6. The number of phenolic OH excluding ortho intramolecular Hbond substituents is 1. The maximum absolute atomic E-state index is 13.5. The van der Waals surface area contributed by atoms with Crippen molar-refractivity contribution in [1.29, 1.82) is 0 Å². The van der Waals surface area contributed by atoms with Crippen molar-refractivity contribution in [3.05, 3.63) is 48.0 Å². The minimum Gasteiger partial charge on any atom is -0.508 e. The zero-order valence-electron chi connectivity index (χ0n) is 21.6. The minimum atomic E-state index is -1.08. The second-order valence-corrected chi connectivity index (χ2v) is 10.0. The lowest BCUT2D eigenvalue weighted by Crippen LogP contribution is -2.58. The van der Waals surface area contributed by atoms with Crippen molar-refractivity contribution in [1.82, 2.24) is 25.5 Å². The predicted octanol–water partition coefficient (Wildman–Crippen LogP) is 0.319. The predicted molar refractivity (Wildman–Crippen MR) is 138 cm³/mol. The van der Waals surface area contributed by atoms with Crippen LogP contribution in [0.2, 0.25) is 0 Å². The average Bonchev–Trinajstić information content (AvgIpc) is 3.56. The Balaban J connectivity index is 1.78. The summed E-state index contributed by atoms with van der Waals surface area (Å²) < 4.78 is 0. The van der Waals surface area contributed by atoms with Crippen LogP contribution >= 0.6 is 0 Å². The number of imidazole rings is 1. The fourth-order valence-electron chi connectivity index (χ4n) is 4.53. The number of carbonyl (C=O) groups excluding carboxylic acids is 3. The number of benzene rings is 1. The fourth-order valence-corrected chi connectivity index (χ4v) is 4.53. The van der Waals surface area contributed by atoms with Crippen LogP contribution in [0, 0.1) is 5.92 Å². The number of carboxylic acids is 1. The topological polar surface area (TPSA) is 191 Å². The van der Waals surface area contributed by atoms with Gasteiger partial charge in [0.15, 0.2) is 0 Å². The quantitative estimate of drug-likeness (QED) is 0.227. The van der Waals surface area contributed by atoms with Gasteiger partial charge in [0.1, 0.15) is 23.9 Å². The van der Waals surface area contributed by atoms with Gasteiger partial charge in [0.25, 0.3) is 0 Å². The van der Waals surface area contributed by atoms with Gasteiger partial charge in [-0.3, -0.25) is 14.4 Å². The Morgan fingerprint density at radius 3 is 2.39 bits per heavy atom. The lowest BCUT2D eigenvalue weighted by atomic mass is 10.00. The molecule has 0 bridgehead atoms. The third-order valence-corrected chi connectivity index (χ3v) is 6.47. The van der Waals surface area contributed by atoms with Crippen LogP contribution in [0.1, 0.15) is 44.4 Å². The highest BCUT2D eigenvalue weighted by Crippen LogP contribution is 2.21. The molecule has 12 nitrogen and oxygen atoms in total. The summed E-state index contributed by atoms with van der Waals surface area (Å²) in [4.78, 5) is 59.6. The molecule has 12 heteroatoms. The Morgan fingerprint density at radius 2 is 1.79 bits per heavy atom. The molecule has 2 heterocycles. The van der Waals surface area contributed by atoms with E-state index in [4.69, 9.17) is 5.73 Å². The van der Waals surface area contributed by atoms with Gasteiger partial charge in [-0.05, 0) is 42.9 Å². The van der Waals surface area contributed by atoms with Crippen LogP contribution in [-0.2, 0) is 32.0 Å². The smallest absolute Gasteiger partial charge is 0.326 e. The molecule has 1 aliphatic heterocycles. The minimum absolute atomic E-state index is 0.0301. The number of aromatic nitrogens is 2. The number of phenols is 1. The summed E-state index contributed by atoms with van der Waals surface area (Å²) in [6.07, 6.45) is 4.56. The molecular formula is C26H36N6O6. The van der Waals surface area contributed by atoms with E-state index in [1.165, 1.54) is 23.4 Å². The number of aliphatic carboxylic acids is 1. The number of carboxylic acid groups (broad SMARTS) is 1. The highest BCUT2D eigenvalue weighted by molar-refractivity contribution is 5.94. The maximum atomic E-state index is 13.5. The van der Waals surface area contributed by atoms with E-state index in [9.17, 15) is 29.4 Å². The van der Waals surface area contributed by atoms with Crippen molar-refractivity contribution >= 4 is 23.7 Å². The van der Waals surface area contributed by atoms with Gasteiger partial charge in [-0.15, -0.1) is 0 Å². The number of hydrogen-bond acceptors (Lipinski definition) is 7. The molecule has 0 unspecified atom stereocenters. The van der Waals surface area contributed by atoms with Crippen LogP contribution < -0.4 is 16.4 Å². The number of likely N-dealkylation sites (tertiary alicyclic amines) is 1. The summed E-state index contributed by atoms with van der Waals surface area (Å²) >= 11 is 0. The number of H-pyrrole nitrogens is 1. The van der Waals surface area contributed by atoms with E-state index in [1.807, 2.05) is 13.8 Å². The average molecular weight is 529 g/mol.